The first-order chi connectivity index (χ1) is 7.74. The largest absolute Gasteiger partial charge is 0.445 e. The average molecular weight is 223 g/mol. The summed E-state index contributed by atoms with van der Waals surface area (Å²) in [5, 5.41) is 2.62. The van der Waals surface area contributed by atoms with Crippen molar-refractivity contribution in [3.8, 4) is 0 Å². The van der Waals surface area contributed by atoms with E-state index in [1.807, 2.05) is 30.3 Å². The van der Waals surface area contributed by atoms with Gasteiger partial charge in [0.1, 0.15) is 12.8 Å². The van der Waals surface area contributed by atoms with E-state index in [-0.39, 0.29) is 12.6 Å². The number of alkyl halides is 1. The maximum absolute atomic E-state index is 12.5. The minimum Gasteiger partial charge on any atom is -0.445 e. The van der Waals surface area contributed by atoms with Crippen LogP contribution in [0.4, 0.5) is 9.18 Å². The number of hydrogen-bond acceptors (Lipinski definition) is 2. The van der Waals surface area contributed by atoms with Gasteiger partial charge in [-0.15, -0.1) is 0 Å². The molecule has 1 N–H and O–H groups in total. The minimum atomic E-state index is -0.764. The fourth-order valence-electron chi connectivity index (χ4n) is 1.60. The fourth-order valence-corrected chi connectivity index (χ4v) is 1.60. The van der Waals surface area contributed by atoms with E-state index in [2.05, 4.69) is 5.32 Å². The number of hydrogen-bond donors (Lipinski definition) is 1. The molecular weight excluding hydrogens is 209 g/mol. The number of benzene rings is 1. The van der Waals surface area contributed by atoms with Crippen LogP contribution in [-0.4, -0.2) is 18.3 Å². The number of ether oxygens (including phenoxy) is 1. The van der Waals surface area contributed by atoms with Crippen LogP contribution in [0.1, 0.15) is 18.4 Å². The number of carbonyl (C=O) groups excluding carboxylic acids is 1. The number of carbonyl (C=O) groups is 1. The molecule has 1 aliphatic carbocycles. The van der Waals surface area contributed by atoms with E-state index in [1.54, 1.807) is 0 Å². The van der Waals surface area contributed by atoms with Crippen LogP contribution in [0.15, 0.2) is 30.3 Å². The second-order valence-corrected chi connectivity index (χ2v) is 3.97. The summed E-state index contributed by atoms with van der Waals surface area (Å²) in [5.74, 6) is 0. The Hall–Kier alpha value is -1.58. The Bertz CT molecular complexity index is 349. The predicted molar refractivity (Wildman–Crippen MR) is 57.7 cm³/mol. The summed E-state index contributed by atoms with van der Waals surface area (Å²) in [6.07, 6.45) is -0.430. The molecule has 1 aliphatic rings. The fraction of sp³-hybridized carbons (Fsp3) is 0.417. The van der Waals surface area contributed by atoms with Crippen molar-refractivity contribution in [2.75, 3.05) is 0 Å². The van der Waals surface area contributed by atoms with Crippen molar-refractivity contribution in [1.82, 2.24) is 5.32 Å². The third kappa shape index (κ3) is 2.95. The number of amides is 1. The Morgan fingerprint density at radius 2 is 2.06 bits per heavy atom. The van der Waals surface area contributed by atoms with Gasteiger partial charge in [0, 0.05) is 6.04 Å². The van der Waals surface area contributed by atoms with Crippen molar-refractivity contribution in [1.29, 1.82) is 0 Å². The Kier molecular flexibility index (Phi) is 3.39. The van der Waals surface area contributed by atoms with Gasteiger partial charge in [0.2, 0.25) is 0 Å². The summed E-state index contributed by atoms with van der Waals surface area (Å²) >= 11 is 0. The summed E-state index contributed by atoms with van der Waals surface area (Å²) in [6, 6.07) is 9.38. The van der Waals surface area contributed by atoms with E-state index in [0.717, 1.165) is 5.56 Å². The van der Waals surface area contributed by atoms with E-state index >= 15 is 0 Å². The predicted octanol–water partition coefficient (Wildman–Crippen LogP) is 2.41. The molecule has 1 aromatic rings. The highest BCUT2D eigenvalue weighted by Crippen LogP contribution is 2.22. The summed E-state index contributed by atoms with van der Waals surface area (Å²) in [5.41, 5.74) is 0.939. The van der Waals surface area contributed by atoms with Crippen molar-refractivity contribution < 1.29 is 13.9 Å². The number of alkyl carbamates (subject to hydrolysis) is 1. The summed E-state index contributed by atoms with van der Waals surface area (Å²) in [7, 11) is 0. The third-order valence-electron chi connectivity index (χ3n) is 2.62. The standard InChI is InChI=1S/C12H14FNO2/c13-10-6-11(7-10)14-12(15)16-8-9-4-2-1-3-5-9/h1-5,10-11H,6-8H2,(H,14,15). The zero-order chi connectivity index (χ0) is 11.4. The lowest BCUT2D eigenvalue weighted by molar-refractivity contribution is 0.111. The number of rotatable bonds is 3. The molecular formula is C12H14FNO2. The van der Waals surface area contributed by atoms with Crippen LogP contribution < -0.4 is 5.32 Å². The molecule has 0 atom stereocenters. The van der Waals surface area contributed by atoms with Gasteiger partial charge in [-0.2, -0.15) is 0 Å². The van der Waals surface area contributed by atoms with Crippen LogP contribution in [0, 0.1) is 0 Å². The highest BCUT2D eigenvalue weighted by atomic mass is 19.1. The summed E-state index contributed by atoms with van der Waals surface area (Å²) in [6.45, 7) is 0.248. The van der Waals surface area contributed by atoms with Gasteiger partial charge in [0.25, 0.3) is 0 Å². The van der Waals surface area contributed by atoms with Crippen molar-refractivity contribution >= 4 is 6.09 Å². The molecule has 86 valence electrons. The van der Waals surface area contributed by atoms with Crippen LogP contribution in [0.3, 0.4) is 0 Å². The molecule has 1 aromatic carbocycles. The molecule has 0 aliphatic heterocycles. The van der Waals surface area contributed by atoms with E-state index in [0.29, 0.717) is 12.8 Å². The maximum Gasteiger partial charge on any atom is 0.407 e. The lowest BCUT2D eigenvalue weighted by Crippen LogP contribution is -2.45. The Morgan fingerprint density at radius 1 is 1.38 bits per heavy atom. The smallest absolute Gasteiger partial charge is 0.407 e. The zero-order valence-corrected chi connectivity index (χ0v) is 8.86. The monoisotopic (exact) mass is 223 g/mol. The molecule has 1 amide bonds. The SMILES string of the molecule is O=C(NC1CC(F)C1)OCc1ccccc1. The van der Waals surface area contributed by atoms with E-state index in [9.17, 15) is 9.18 Å². The molecule has 1 saturated carbocycles. The third-order valence-corrected chi connectivity index (χ3v) is 2.62. The van der Waals surface area contributed by atoms with Crippen molar-refractivity contribution in [2.45, 2.75) is 31.7 Å². The van der Waals surface area contributed by atoms with Gasteiger partial charge < -0.3 is 10.1 Å². The Balaban J connectivity index is 1.68. The van der Waals surface area contributed by atoms with Crippen LogP contribution in [0.5, 0.6) is 0 Å². The second kappa shape index (κ2) is 4.96. The van der Waals surface area contributed by atoms with E-state index < -0.39 is 12.3 Å². The average Bonchev–Trinajstić information content (AvgIpc) is 2.26. The van der Waals surface area contributed by atoms with E-state index in [1.165, 1.54) is 0 Å². The van der Waals surface area contributed by atoms with Gasteiger partial charge in [-0.1, -0.05) is 30.3 Å². The Morgan fingerprint density at radius 3 is 2.69 bits per heavy atom. The lowest BCUT2D eigenvalue weighted by Gasteiger charge is -2.29. The second-order valence-electron chi connectivity index (χ2n) is 3.97. The molecule has 16 heavy (non-hydrogen) atoms. The Labute approximate surface area is 93.6 Å². The molecule has 0 aromatic heterocycles. The summed E-state index contributed by atoms with van der Waals surface area (Å²) in [4.78, 5) is 11.3. The quantitative estimate of drug-likeness (QED) is 0.854. The first-order valence-electron chi connectivity index (χ1n) is 5.35. The van der Waals surface area contributed by atoms with Gasteiger partial charge in [-0.05, 0) is 18.4 Å². The van der Waals surface area contributed by atoms with Crippen LogP contribution in [0.25, 0.3) is 0 Å². The van der Waals surface area contributed by atoms with Gasteiger partial charge in [0.15, 0.2) is 0 Å². The number of halogens is 1. The van der Waals surface area contributed by atoms with Crippen molar-refractivity contribution in [3.05, 3.63) is 35.9 Å². The maximum atomic E-state index is 12.5. The minimum absolute atomic E-state index is 0.0572. The topological polar surface area (TPSA) is 38.3 Å². The number of nitrogens with one attached hydrogen (secondary N) is 1. The summed E-state index contributed by atoms with van der Waals surface area (Å²) < 4.78 is 17.5. The molecule has 0 saturated heterocycles. The lowest BCUT2D eigenvalue weighted by atomic mass is 9.91. The van der Waals surface area contributed by atoms with Crippen LogP contribution in [-0.2, 0) is 11.3 Å². The highest BCUT2D eigenvalue weighted by Gasteiger charge is 2.30. The molecule has 1 fully saturated rings. The normalized spacial score (nSPS) is 23.3. The van der Waals surface area contributed by atoms with Gasteiger partial charge in [-0.25, -0.2) is 9.18 Å². The molecule has 4 heteroatoms. The van der Waals surface area contributed by atoms with Crippen LogP contribution >= 0.6 is 0 Å². The van der Waals surface area contributed by atoms with Gasteiger partial charge >= 0.3 is 6.09 Å². The van der Waals surface area contributed by atoms with Gasteiger partial charge in [-0.3, -0.25) is 0 Å². The molecule has 2 rings (SSSR count). The molecule has 0 radical (unpaired) electrons. The van der Waals surface area contributed by atoms with Crippen LogP contribution in [0.2, 0.25) is 0 Å². The van der Waals surface area contributed by atoms with E-state index in [4.69, 9.17) is 4.74 Å². The molecule has 0 bridgehead atoms. The molecule has 0 unspecified atom stereocenters. The zero-order valence-electron chi connectivity index (χ0n) is 8.86. The van der Waals surface area contributed by atoms with Gasteiger partial charge in [0.05, 0.1) is 0 Å². The highest BCUT2D eigenvalue weighted by molar-refractivity contribution is 5.67. The molecule has 0 spiro atoms. The first-order valence-corrected chi connectivity index (χ1v) is 5.35. The van der Waals surface area contributed by atoms with Crippen molar-refractivity contribution in [3.63, 3.8) is 0 Å². The molecule has 3 nitrogen and oxygen atoms in total. The van der Waals surface area contributed by atoms with Crippen molar-refractivity contribution in [2.24, 2.45) is 0 Å². The molecule has 0 heterocycles. The first kappa shape index (κ1) is 10.9.